The standard InChI is InChI=1S/C30H43N3O6/c1-39-28-14-10-24(22-27(28)36)12-16-30(38)33-20-8-18-31-17-6-4-2-3-5-7-19-32-29(37)15-11-23-9-13-25(34)26(35)21-23/h9-10,12-14,16,21-22,31,34-36H,2-8,11,15,17-20H2,1H3,(H,32,37)(H,33,38)/b16-12+. The number of aryl methyl sites for hydroxylation is 1. The molecule has 0 bridgehead atoms. The highest BCUT2D eigenvalue weighted by molar-refractivity contribution is 5.91. The van der Waals surface area contributed by atoms with Crippen LogP contribution in [0.15, 0.2) is 42.5 Å². The monoisotopic (exact) mass is 541 g/mol. The average molecular weight is 542 g/mol. The first-order valence-corrected chi connectivity index (χ1v) is 13.7. The number of ether oxygens (including phenoxy) is 1. The number of unbranched alkanes of at least 4 members (excludes halogenated alkanes) is 5. The molecule has 0 aliphatic heterocycles. The van der Waals surface area contributed by atoms with E-state index in [4.69, 9.17) is 4.74 Å². The molecule has 0 aliphatic rings. The summed E-state index contributed by atoms with van der Waals surface area (Å²) in [7, 11) is 1.49. The average Bonchev–Trinajstić information content (AvgIpc) is 2.92. The van der Waals surface area contributed by atoms with Gasteiger partial charge in [-0.2, -0.15) is 0 Å². The molecule has 6 N–H and O–H groups in total. The number of nitrogens with one attached hydrogen (secondary N) is 3. The van der Waals surface area contributed by atoms with Gasteiger partial charge in [-0.3, -0.25) is 9.59 Å². The van der Waals surface area contributed by atoms with Gasteiger partial charge in [0.1, 0.15) is 0 Å². The molecule has 9 heteroatoms. The van der Waals surface area contributed by atoms with Crippen molar-refractivity contribution in [2.24, 2.45) is 0 Å². The zero-order valence-electron chi connectivity index (χ0n) is 22.9. The zero-order valence-corrected chi connectivity index (χ0v) is 22.9. The number of rotatable bonds is 19. The molecule has 39 heavy (non-hydrogen) atoms. The van der Waals surface area contributed by atoms with Crippen molar-refractivity contribution in [1.82, 2.24) is 16.0 Å². The molecule has 0 saturated heterocycles. The van der Waals surface area contributed by atoms with Gasteiger partial charge in [0.2, 0.25) is 11.8 Å². The fourth-order valence-electron chi connectivity index (χ4n) is 3.97. The molecule has 2 aromatic rings. The predicted molar refractivity (Wildman–Crippen MR) is 153 cm³/mol. The number of benzene rings is 2. The van der Waals surface area contributed by atoms with Gasteiger partial charge in [0, 0.05) is 25.6 Å². The van der Waals surface area contributed by atoms with Gasteiger partial charge in [-0.15, -0.1) is 0 Å². The molecule has 0 atom stereocenters. The van der Waals surface area contributed by atoms with Crippen LogP contribution in [-0.2, 0) is 16.0 Å². The van der Waals surface area contributed by atoms with Crippen LogP contribution >= 0.6 is 0 Å². The molecule has 0 radical (unpaired) electrons. The van der Waals surface area contributed by atoms with Gasteiger partial charge in [0.15, 0.2) is 23.0 Å². The number of amides is 2. The Bertz CT molecular complexity index is 1060. The highest BCUT2D eigenvalue weighted by Gasteiger charge is 2.05. The molecule has 0 fully saturated rings. The topological polar surface area (TPSA) is 140 Å². The van der Waals surface area contributed by atoms with Crippen LogP contribution in [0.1, 0.15) is 62.5 Å². The quantitative estimate of drug-likeness (QED) is 0.0897. The Morgan fingerprint density at radius 3 is 2.18 bits per heavy atom. The van der Waals surface area contributed by atoms with E-state index in [0.29, 0.717) is 31.7 Å². The van der Waals surface area contributed by atoms with Crippen LogP contribution in [0.4, 0.5) is 0 Å². The summed E-state index contributed by atoms with van der Waals surface area (Å²) in [4.78, 5) is 23.9. The lowest BCUT2D eigenvalue weighted by atomic mass is 10.1. The fraction of sp³-hybridized carbons (Fsp3) is 0.467. The smallest absolute Gasteiger partial charge is 0.243 e. The van der Waals surface area contributed by atoms with Gasteiger partial charge >= 0.3 is 0 Å². The van der Waals surface area contributed by atoms with Crippen LogP contribution in [-0.4, -0.2) is 60.4 Å². The third kappa shape index (κ3) is 13.6. The summed E-state index contributed by atoms with van der Waals surface area (Å²) in [6.07, 6.45) is 11.5. The lowest BCUT2D eigenvalue weighted by Crippen LogP contribution is -2.26. The summed E-state index contributed by atoms with van der Waals surface area (Å²) in [6, 6.07) is 9.59. The molecular formula is C30H43N3O6. The number of aromatic hydroxyl groups is 3. The van der Waals surface area contributed by atoms with Crippen molar-refractivity contribution in [3.8, 4) is 23.0 Å². The van der Waals surface area contributed by atoms with Gasteiger partial charge < -0.3 is 36.0 Å². The second-order valence-electron chi connectivity index (χ2n) is 9.45. The van der Waals surface area contributed by atoms with Gasteiger partial charge in [-0.1, -0.05) is 37.8 Å². The van der Waals surface area contributed by atoms with E-state index in [9.17, 15) is 24.9 Å². The molecule has 2 amide bonds. The highest BCUT2D eigenvalue weighted by Crippen LogP contribution is 2.27. The third-order valence-corrected chi connectivity index (χ3v) is 6.24. The minimum absolute atomic E-state index is 0.000577. The molecule has 214 valence electrons. The predicted octanol–water partition coefficient (Wildman–Crippen LogP) is 4.01. The number of hydrogen-bond donors (Lipinski definition) is 6. The Labute approximate surface area is 231 Å². The summed E-state index contributed by atoms with van der Waals surface area (Å²) < 4.78 is 5.00. The second-order valence-corrected chi connectivity index (χ2v) is 9.45. The summed E-state index contributed by atoms with van der Waals surface area (Å²) in [5.41, 5.74) is 1.54. The Kier molecular flexibility index (Phi) is 15.0. The van der Waals surface area contributed by atoms with E-state index in [-0.39, 0.29) is 29.1 Å². The van der Waals surface area contributed by atoms with E-state index in [1.807, 2.05) is 0 Å². The molecule has 0 spiro atoms. The number of carbonyl (C=O) groups is 2. The molecule has 0 aliphatic carbocycles. The first-order chi connectivity index (χ1) is 18.9. The minimum Gasteiger partial charge on any atom is -0.504 e. The minimum atomic E-state index is -0.167. The molecule has 2 aromatic carbocycles. The Morgan fingerprint density at radius 1 is 0.769 bits per heavy atom. The number of phenols is 3. The summed E-state index contributed by atoms with van der Waals surface area (Å²) in [5.74, 6) is -0.0535. The van der Waals surface area contributed by atoms with Crippen molar-refractivity contribution in [2.45, 2.75) is 57.8 Å². The Balaban J connectivity index is 1.36. The van der Waals surface area contributed by atoms with Crippen molar-refractivity contribution in [3.63, 3.8) is 0 Å². The lowest BCUT2D eigenvalue weighted by molar-refractivity contribution is -0.121. The first kappa shape index (κ1) is 31.5. The summed E-state index contributed by atoms with van der Waals surface area (Å²) in [6.45, 7) is 3.09. The van der Waals surface area contributed by atoms with E-state index < -0.39 is 0 Å². The molecule has 0 saturated carbocycles. The van der Waals surface area contributed by atoms with Crippen LogP contribution in [0.25, 0.3) is 6.08 Å². The second kappa shape index (κ2) is 18.5. The van der Waals surface area contributed by atoms with Gasteiger partial charge in [-0.25, -0.2) is 0 Å². The summed E-state index contributed by atoms with van der Waals surface area (Å²) in [5, 5.41) is 37.8. The SMILES string of the molecule is COc1ccc(/C=C/C(=O)NCCCNCCCCCCCCNC(=O)CCc2ccc(O)c(O)c2)cc1O. The number of carbonyl (C=O) groups excluding carboxylic acids is 2. The lowest BCUT2D eigenvalue weighted by Gasteiger charge is -2.07. The van der Waals surface area contributed by atoms with E-state index >= 15 is 0 Å². The van der Waals surface area contributed by atoms with Crippen molar-refractivity contribution in [3.05, 3.63) is 53.6 Å². The van der Waals surface area contributed by atoms with E-state index in [1.54, 1.807) is 30.3 Å². The van der Waals surface area contributed by atoms with Crippen LogP contribution in [0.3, 0.4) is 0 Å². The van der Waals surface area contributed by atoms with Crippen molar-refractivity contribution in [1.29, 1.82) is 0 Å². The third-order valence-electron chi connectivity index (χ3n) is 6.24. The Hall–Kier alpha value is -3.72. The Morgan fingerprint density at radius 2 is 1.46 bits per heavy atom. The molecule has 2 rings (SSSR count). The molecular weight excluding hydrogens is 498 g/mol. The normalized spacial score (nSPS) is 11.0. The van der Waals surface area contributed by atoms with Crippen LogP contribution < -0.4 is 20.7 Å². The maximum atomic E-state index is 11.9. The largest absolute Gasteiger partial charge is 0.504 e. The first-order valence-electron chi connectivity index (χ1n) is 13.7. The number of hydrogen-bond acceptors (Lipinski definition) is 7. The molecule has 0 heterocycles. The molecule has 0 aromatic heterocycles. The van der Waals surface area contributed by atoms with Gasteiger partial charge in [0.05, 0.1) is 7.11 Å². The van der Waals surface area contributed by atoms with Crippen LogP contribution in [0, 0.1) is 0 Å². The van der Waals surface area contributed by atoms with Crippen molar-refractivity contribution in [2.75, 3.05) is 33.3 Å². The van der Waals surface area contributed by atoms with Crippen molar-refractivity contribution < 1.29 is 29.6 Å². The molecule has 9 nitrogen and oxygen atoms in total. The maximum absolute atomic E-state index is 11.9. The zero-order chi connectivity index (χ0) is 28.3. The maximum Gasteiger partial charge on any atom is 0.243 e. The van der Waals surface area contributed by atoms with Crippen LogP contribution in [0.2, 0.25) is 0 Å². The van der Waals surface area contributed by atoms with Gasteiger partial charge in [-0.05, 0) is 80.2 Å². The van der Waals surface area contributed by atoms with Gasteiger partial charge in [0.25, 0.3) is 0 Å². The van der Waals surface area contributed by atoms with Crippen LogP contribution in [0.5, 0.6) is 23.0 Å². The number of methoxy groups -OCH3 is 1. The van der Waals surface area contributed by atoms with E-state index in [1.165, 1.54) is 38.2 Å². The fourth-order valence-corrected chi connectivity index (χ4v) is 3.97. The van der Waals surface area contributed by atoms with E-state index in [0.717, 1.165) is 56.3 Å². The van der Waals surface area contributed by atoms with E-state index in [2.05, 4.69) is 16.0 Å². The molecule has 0 unspecified atom stereocenters. The summed E-state index contributed by atoms with van der Waals surface area (Å²) >= 11 is 0. The highest BCUT2D eigenvalue weighted by atomic mass is 16.5. The number of phenolic OH excluding ortho intramolecular Hbond substituents is 3. The van der Waals surface area contributed by atoms with Crippen molar-refractivity contribution >= 4 is 17.9 Å².